The van der Waals surface area contributed by atoms with E-state index in [1.54, 1.807) is 18.2 Å². The zero-order chi connectivity index (χ0) is 17.5. The molecule has 8 nitrogen and oxygen atoms in total. The van der Waals surface area contributed by atoms with E-state index in [0.29, 0.717) is 0 Å². The van der Waals surface area contributed by atoms with Crippen molar-refractivity contribution in [3.05, 3.63) is 75.8 Å². The predicted molar refractivity (Wildman–Crippen MR) is 82.3 cm³/mol. The molecule has 0 aliphatic heterocycles. The van der Waals surface area contributed by atoms with Gasteiger partial charge in [-0.05, 0) is 18.2 Å². The second-order valence-electron chi connectivity index (χ2n) is 4.63. The number of non-ortho nitro benzene ring substituents is 1. The molecule has 0 atom stereocenters. The lowest BCUT2D eigenvalue weighted by Crippen LogP contribution is -2.34. The number of nitrogens with zero attached hydrogens (tertiary/aromatic N) is 1. The smallest absolute Gasteiger partial charge is 0.338 e. The molecular formula is C16H12N2O6. The number of imide groups is 1. The van der Waals surface area contributed by atoms with Crippen LogP contribution in [-0.4, -0.2) is 29.3 Å². The monoisotopic (exact) mass is 328 g/mol. The summed E-state index contributed by atoms with van der Waals surface area (Å²) in [5.74, 6) is -2.32. The van der Waals surface area contributed by atoms with Crippen molar-refractivity contribution < 1.29 is 24.0 Å². The van der Waals surface area contributed by atoms with Crippen molar-refractivity contribution >= 4 is 23.5 Å². The molecular weight excluding hydrogens is 316 g/mol. The average molecular weight is 328 g/mol. The lowest BCUT2D eigenvalue weighted by atomic mass is 10.2. The van der Waals surface area contributed by atoms with Crippen molar-refractivity contribution in [3.63, 3.8) is 0 Å². The molecule has 2 amide bonds. The number of hydrogen-bond acceptors (Lipinski definition) is 6. The van der Waals surface area contributed by atoms with Gasteiger partial charge in [0.05, 0.1) is 10.5 Å². The zero-order valence-corrected chi connectivity index (χ0v) is 12.3. The summed E-state index contributed by atoms with van der Waals surface area (Å²) in [5.41, 5.74) is -0.0459. The lowest BCUT2D eigenvalue weighted by molar-refractivity contribution is -0.384. The Bertz CT molecular complexity index is 788. The molecule has 0 aliphatic rings. The van der Waals surface area contributed by atoms with Crippen LogP contribution in [0.3, 0.4) is 0 Å². The predicted octanol–water partition coefficient (Wildman–Crippen LogP) is 1.71. The molecule has 8 heteroatoms. The number of carbonyl (C=O) groups is 3. The SMILES string of the molecule is O=C(COC(=O)c1cccc([N+](=O)[O-])c1)NC(=O)c1ccccc1. The van der Waals surface area contributed by atoms with Gasteiger partial charge in [-0.3, -0.25) is 25.0 Å². The van der Waals surface area contributed by atoms with Crippen LogP contribution < -0.4 is 5.32 Å². The first kappa shape index (κ1) is 16.8. The maximum Gasteiger partial charge on any atom is 0.338 e. The first-order valence-corrected chi connectivity index (χ1v) is 6.78. The van der Waals surface area contributed by atoms with Gasteiger partial charge in [0.1, 0.15) is 0 Å². The number of benzene rings is 2. The molecule has 0 bridgehead atoms. The van der Waals surface area contributed by atoms with Crippen LogP contribution in [-0.2, 0) is 9.53 Å². The van der Waals surface area contributed by atoms with Gasteiger partial charge in [0.15, 0.2) is 6.61 Å². The molecule has 0 unspecified atom stereocenters. The van der Waals surface area contributed by atoms with Gasteiger partial charge in [-0.25, -0.2) is 4.79 Å². The Balaban J connectivity index is 1.89. The fourth-order valence-electron chi connectivity index (χ4n) is 1.79. The number of amides is 2. The molecule has 0 radical (unpaired) electrons. The van der Waals surface area contributed by atoms with E-state index in [9.17, 15) is 24.5 Å². The van der Waals surface area contributed by atoms with Gasteiger partial charge in [0.2, 0.25) is 0 Å². The van der Waals surface area contributed by atoms with Crippen LogP contribution in [0.15, 0.2) is 54.6 Å². The molecule has 0 fully saturated rings. The quantitative estimate of drug-likeness (QED) is 0.507. The average Bonchev–Trinajstić information content (AvgIpc) is 2.60. The van der Waals surface area contributed by atoms with Crippen molar-refractivity contribution in [2.24, 2.45) is 0 Å². The third kappa shape index (κ3) is 4.47. The first-order valence-electron chi connectivity index (χ1n) is 6.78. The lowest BCUT2D eigenvalue weighted by Gasteiger charge is -2.06. The zero-order valence-electron chi connectivity index (χ0n) is 12.3. The minimum Gasteiger partial charge on any atom is -0.452 e. The van der Waals surface area contributed by atoms with Gasteiger partial charge in [0, 0.05) is 17.7 Å². The largest absolute Gasteiger partial charge is 0.452 e. The number of nitro groups is 1. The van der Waals surface area contributed by atoms with Crippen molar-refractivity contribution in [2.75, 3.05) is 6.61 Å². The summed E-state index contributed by atoms with van der Waals surface area (Å²) in [7, 11) is 0. The summed E-state index contributed by atoms with van der Waals surface area (Å²) in [4.78, 5) is 45.1. The van der Waals surface area contributed by atoms with Gasteiger partial charge in [-0.15, -0.1) is 0 Å². The van der Waals surface area contributed by atoms with Crippen LogP contribution in [0.5, 0.6) is 0 Å². The summed E-state index contributed by atoms with van der Waals surface area (Å²) < 4.78 is 4.74. The maximum absolute atomic E-state index is 11.8. The van der Waals surface area contributed by atoms with Crippen LogP contribution in [0.25, 0.3) is 0 Å². The van der Waals surface area contributed by atoms with E-state index in [-0.39, 0.29) is 16.8 Å². The fourth-order valence-corrected chi connectivity index (χ4v) is 1.79. The number of carbonyl (C=O) groups excluding carboxylic acids is 3. The van der Waals surface area contributed by atoms with Crippen molar-refractivity contribution in [1.29, 1.82) is 0 Å². The van der Waals surface area contributed by atoms with Crippen molar-refractivity contribution in [1.82, 2.24) is 5.32 Å². The van der Waals surface area contributed by atoms with Crippen LogP contribution in [0.2, 0.25) is 0 Å². The number of nitro benzene ring substituents is 1. The Morgan fingerprint density at radius 2 is 1.67 bits per heavy atom. The number of ether oxygens (including phenoxy) is 1. The van der Waals surface area contributed by atoms with Crippen molar-refractivity contribution in [3.8, 4) is 0 Å². The third-order valence-electron chi connectivity index (χ3n) is 2.92. The molecule has 0 saturated carbocycles. The Hall–Kier alpha value is -3.55. The third-order valence-corrected chi connectivity index (χ3v) is 2.92. The van der Waals surface area contributed by atoms with E-state index in [1.165, 1.54) is 30.3 Å². The molecule has 0 spiro atoms. The van der Waals surface area contributed by atoms with E-state index in [2.05, 4.69) is 5.32 Å². The molecule has 1 N–H and O–H groups in total. The number of rotatable bonds is 5. The minimum absolute atomic E-state index is 0.0635. The van der Waals surface area contributed by atoms with Crippen LogP contribution in [0, 0.1) is 10.1 Å². The molecule has 2 aromatic carbocycles. The molecule has 2 aromatic rings. The summed E-state index contributed by atoms with van der Waals surface area (Å²) in [5, 5.41) is 12.7. The van der Waals surface area contributed by atoms with E-state index >= 15 is 0 Å². The molecule has 0 aromatic heterocycles. The van der Waals surface area contributed by atoms with E-state index < -0.39 is 29.3 Å². The van der Waals surface area contributed by atoms with Crippen molar-refractivity contribution in [2.45, 2.75) is 0 Å². The molecule has 0 heterocycles. The van der Waals surface area contributed by atoms with Gasteiger partial charge < -0.3 is 4.74 Å². The first-order chi connectivity index (χ1) is 11.5. The van der Waals surface area contributed by atoms with Gasteiger partial charge in [0.25, 0.3) is 17.5 Å². The highest BCUT2D eigenvalue weighted by Crippen LogP contribution is 2.13. The Kier molecular flexibility index (Phi) is 5.35. The molecule has 2 rings (SSSR count). The highest BCUT2D eigenvalue weighted by Gasteiger charge is 2.15. The Morgan fingerprint density at radius 1 is 1.00 bits per heavy atom. The van der Waals surface area contributed by atoms with Crippen LogP contribution in [0.4, 0.5) is 5.69 Å². The minimum atomic E-state index is -0.902. The second kappa shape index (κ2) is 7.63. The molecule has 24 heavy (non-hydrogen) atoms. The molecule has 122 valence electrons. The summed E-state index contributed by atoms with van der Waals surface area (Å²) in [6, 6.07) is 13.0. The fraction of sp³-hybridized carbons (Fsp3) is 0.0625. The van der Waals surface area contributed by atoms with E-state index in [4.69, 9.17) is 4.74 Å². The number of hydrogen-bond donors (Lipinski definition) is 1. The van der Waals surface area contributed by atoms with E-state index in [0.717, 1.165) is 6.07 Å². The van der Waals surface area contributed by atoms with Gasteiger partial charge in [-0.2, -0.15) is 0 Å². The molecule has 0 aliphatic carbocycles. The highest BCUT2D eigenvalue weighted by molar-refractivity contribution is 6.05. The second-order valence-corrected chi connectivity index (χ2v) is 4.63. The molecule has 0 saturated heterocycles. The Morgan fingerprint density at radius 3 is 2.33 bits per heavy atom. The normalized spacial score (nSPS) is 9.83. The summed E-state index contributed by atoms with van der Waals surface area (Å²) in [6.07, 6.45) is 0. The summed E-state index contributed by atoms with van der Waals surface area (Å²) >= 11 is 0. The Labute approximate surface area is 136 Å². The number of nitrogens with one attached hydrogen (secondary N) is 1. The van der Waals surface area contributed by atoms with Gasteiger partial charge in [-0.1, -0.05) is 24.3 Å². The highest BCUT2D eigenvalue weighted by atomic mass is 16.6. The number of esters is 1. The van der Waals surface area contributed by atoms with E-state index in [1.807, 2.05) is 0 Å². The van der Waals surface area contributed by atoms with Crippen LogP contribution in [0.1, 0.15) is 20.7 Å². The maximum atomic E-state index is 11.8. The van der Waals surface area contributed by atoms with Gasteiger partial charge >= 0.3 is 5.97 Å². The van der Waals surface area contributed by atoms with Crippen LogP contribution >= 0.6 is 0 Å². The summed E-state index contributed by atoms with van der Waals surface area (Å²) in [6.45, 7) is -0.680. The topological polar surface area (TPSA) is 116 Å². The standard InChI is InChI=1S/C16H12N2O6/c19-14(17-15(20)11-5-2-1-3-6-11)10-24-16(21)12-7-4-8-13(9-12)18(22)23/h1-9H,10H2,(H,17,19,20).